The van der Waals surface area contributed by atoms with E-state index >= 15 is 0 Å². The first-order valence-corrected chi connectivity index (χ1v) is 6.43. The van der Waals surface area contributed by atoms with E-state index in [9.17, 15) is 17.2 Å². The Morgan fingerprint density at radius 3 is 2.60 bits per heavy atom. The molecule has 15 heavy (non-hydrogen) atoms. The fourth-order valence-corrected chi connectivity index (χ4v) is 3.12. The zero-order valence-corrected chi connectivity index (χ0v) is 9.41. The first kappa shape index (κ1) is 12.2. The Morgan fingerprint density at radius 1 is 1.47 bits per heavy atom. The molecule has 0 unspecified atom stereocenters. The molecule has 0 N–H and O–H groups in total. The van der Waals surface area contributed by atoms with Gasteiger partial charge in [0.25, 0.3) is 6.08 Å². The van der Waals surface area contributed by atoms with Crippen LogP contribution in [0.4, 0.5) is 8.78 Å². The lowest BCUT2D eigenvalue weighted by atomic mass is 10.5. The van der Waals surface area contributed by atoms with Gasteiger partial charge in [-0.2, -0.15) is 8.78 Å². The Labute approximate surface area is 89.6 Å². The highest BCUT2D eigenvalue weighted by Gasteiger charge is 2.18. The number of halogens is 2. The van der Waals surface area contributed by atoms with Crippen LogP contribution in [0.25, 0.3) is 0 Å². The Bertz CT molecular complexity index is 463. The first-order chi connectivity index (χ1) is 6.92. The third kappa shape index (κ3) is 3.63. The molecule has 1 aromatic rings. The van der Waals surface area contributed by atoms with Gasteiger partial charge in [-0.3, -0.25) is 0 Å². The molecule has 0 spiro atoms. The number of aryl methyl sites for hydroxylation is 1. The van der Waals surface area contributed by atoms with E-state index in [1.165, 1.54) is 0 Å². The highest BCUT2D eigenvalue weighted by Crippen LogP contribution is 2.17. The molecule has 1 heterocycles. The molecule has 0 aromatic carbocycles. The lowest BCUT2D eigenvalue weighted by molar-refractivity contribution is 0.418. The molecule has 0 fully saturated rings. The predicted octanol–water partition coefficient (Wildman–Crippen LogP) is 1.79. The second-order valence-electron chi connectivity index (χ2n) is 2.69. The number of rotatable bonds is 4. The van der Waals surface area contributed by atoms with E-state index in [1.54, 1.807) is 6.92 Å². The molecule has 0 aliphatic heterocycles. The summed E-state index contributed by atoms with van der Waals surface area (Å²) in [5.41, 5.74) is 0. The van der Waals surface area contributed by atoms with Gasteiger partial charge in [-0.15, -0.1) is 10.2 Å². The average Bonchev–Trinajstić information content (AvgIpc) is 2.51. The molecule has 0 aliphatic carbocycles. The van der Waals surface area contributed by atoms with Gasteiger partial charge >= 0.3 is 0 Å². The number of aromatic nitrogens is 2. The van der Waals surface area contributed by atoms with Crippen molar-refractivity contribution in [3.63, 3.8) is 0 Å². The van der Waals surface area contributed by atoms with Crippen LogP contribution in [-0.2, 0) is 9.84 Å². The van der Waals surface area contributed by atoms with Gasteiger partial charge in [0.1, 0.15) is 5.01 Å². The van der Waals surface area contributed by atoms with Crippen LogP contribution in [0.5, 0.6) is 0 Å². The van der Waals surface area contributed by atoms with Crippen molar-refractivity contribution in [2.24, 2.45) is 0 Å². The predicted molar refractivity (Wildman–Crippen MR) is 51.6 cm³/mol. The van der Waals surface area contributed by atoms with E-state index in [1.807, 2.05) is 0 Å². The summed E-state index contributed by atoms with van der Waals surface area (Å²) in [6, 6.07) is 0. The number of hydrogen-bond donors (Lipinski definition) is 0. The van der Waals surface area contributed by atoms with E-state index in [0.717, 1.165) is 11.3 Å². The third-order valence-corrected chi connectivity index (χ3v) is 4.49. The average molecular weight is 254 g/mol. The van der Waals surface area contributed by atoms with Gasteiger partial charge in [-0.1, -0.05) is 11.3 Å². The van der Waals surface area contributed by atoms with Gasteiger partial charge in [0.2, 0.25) is 14.2 Å². The lowest BCUT2D eigenvalue weighted by Crippen LogP contribution is -2.05. The highest BCUT2D eigenvalue weighted by atomic mass is 32.2. The number of allylic oxidation sites excluding steroid dienone is 1. The molecular formula is C7H8F2N2O2S2. The molecule has 0 atom stereocenters. The fraction of sp³-hybridized carbons (Fsp3) is 0.429. The van der Waals surface area contributed by atoms with Gasteiger partial charge < -0.3 is 0 Å². The maximum Gasteiger partial charge on any atom is 0.266 e. The molecule has 0 bridgehead atoms. The molecule has 8 heteroatoms. The number of hydrogen-bond acceptors (Lipinski definition) is 5. The first-order valence-electron chi connectivity index (χ1n) is 3.96. The van der Waals surface area contributed by atoms with Crippen LogP contribution in [0, 0.1) is 6.92 Å². The molecule has 84 valence electrons. The lowest BCUT2D eigenvalue weighted by Gasteiger charge is -1.95. The molecule has 0 aliphatic rings. The second-order valence-corrected chi connectivity index (χ2v) is 6.15. The van der Waals surface area contributed by atoms with E-state index in [2.05, 4.69) is 10.2 Å². The van der Waals surface area contributed by atoms with Crippen molar-refractivity contribution < 1.29 is 17.2 Å². The van der Waals surface area contributed by atoms with Crippen molar-refractivity contribution in [1.29, 1.82) is 0 Å². The zero-order valence-electron chi connectivity index (χ0n) is 7.77. The van der Waals surface area contributed by atoms with Crippen molar-refractivity contribution in [2.45, 2.75) is 17.7 Å². The summed E-state index contributed by atoms with van der Waals surface area (Å²) in [5.74, 6) is -0.376. The summed E-state index contributed by atoms with van der Waals surface area (Å²) in [4.78, 5) is 0. The minimum absolute atomic E-state index is 0.118. The van der Waals surface area contributed by atoms with Gasteiger partial charge in [-0.05, 0) is 19.4 Å². The topological polar surface area (TPSA) is 59.9 Å². The monoisotopic (exact) mass is 254 g/mol. The third-order valence-electron chi connectivity index (χ3n) is 1.46. The van der Waals surface area contributed by atoms with Crippen LogP contribution >= 0.6 is 11.3 Å². The van der Waals surface area contributed by atoms with Crippen LogP contribution in [0.2, 0.25) is 0 Å². The molecule has 1 aromatic heterocycles. The van der Waals surface area contributed by atoms with Gasteiger partial charge in [0.05, 0.1) is 5.75 Å². The van der Waals surface area contributed by atoms with Crippen molar-refractivity contribution in [3.8, 4) is 0 Å². The van der Waals surface area contributed by atoms with Gasteiger partial charge in [-0.25, -0.2) is 8.42 Å². The summed E-state index contributed by atoms with van der Waals surface area (Å²) in [5, 5.41) is 7.54. The SMILES string of the molecule is Cc1nnc(S(=O)(=O)CCC=C(F)F)s1. The normalized spacial score (nSPS) is 11.4. The Kier molecular flexibility index (Phi) is 3.86. The second kappa shape index (κ2) is 4.75. The summed E-state index contributed by atoms with van der Waals surface area (Å²) < 4.78 is 46.1. The largest absolute Gasteiger partial charge is 0.266 e. The number of nitrogens with zero attached hydrogens (tertiary/aromatic N) is 2. The Hall–Kier alpha value is -0.890. The van der Waals surface area contributed by atoms with Crippen LogP contribution in [0.1, 0.15) is 11.4 Å². The molecule has 0 amide bonds. The van der Waals surface area contributed by atoms with E-state index in [0.29, 0.717) is 11.1 Å². The Balaban J connectivity index is 2.73. The summed E-state index contributed by atoms with van der Waals surface area (Å²) in [6.07, 6.45) is -1.52. The van der Waals surface area contributed by atoms with Crippen molar-refractivity contribution in [2.75, 3.05) is 5.75 Å². The van der Waals surface area contributed by atoms with Crippen LogP contribution < -0.4 is 0 Å². The van der Waals surface area contributed by atoms with Crippen molar-refractivity contribution >= 4 is 21.2 Å². The van der Waals surface area contributed by atoms with E-state index in [4.69, 9.17) is 0 Å². The van der Waals surface area contributed by atoms with Gasteiger partial charge in [0.15, 0.2) is 0 Å². The van der Waals surface area contributed by atoms with Crippen LogP contribution in [-0.4, -0.2) is 24.4 Å². The standard InChI is InChI=1S/C7H8F2N2O2S2/c1-5-10-11-7(14-5)15(12,13)4-2-3-6(8)9/h3H,2,4H2,1H3. The smallest absolute Gasteiger partial charge is 0.221 e. The molecule has 4 nitrogen and oxygen atoms in total. The molecular weight excluding hydrogens is 246 g/mol. The summed E-state index contributed by atoms with van der Waals surface area (Å²) >= 11 is 0.935. The maximum absolute atomic E-state index is 11.7. The van der Waals surface area contributed by atoms with Crippen molar-refractivity contribution in [3.05, 3.63) is 17.2 Å². The maximum atomic E-state index is 11.7. The number of sulfone groups is 1. The molecule has 0 radical (unpaired) electrons. The minimum Gasteiger partial charge on any atom is -0.221 e. The van der Waals surface area contributed by atoms with E-state index < -0.39 is 15.9 Å². The minimum atomic E-state index is -3.57. The quantitative estimate of drug-likeness (QED) is 0.822. The highest BCUT2D eigenvalue weighted by molar-refractivity contribution is 7.93. The molecule has 0 saturated carbocycles. The van der Waals surface area contributed by atoms with Gasteiger partial charge in [0, 0.05) is 0 Å². The zero-order chi connectivity index (χ0) is 11.5. The Morgan fingerprint density at radius 2 is 2.13 bits per heavy atom. The molecule has 0 saturated heterocycles. The molecule has 1 rings (SSSR count). The van der Waals surface area contributed by atoms with Crippen LogP contribution in [0.3, 0.4) is 0 Å². The van der Waals surface area contributed by atoms with Crippen molar-refractivity contribution in [1.82, 2.24) is 10.2 Å². The summed E-state index contributed by atoms with van der Waals surface area (Å²) in [7, 11) is -3.57. The van der Waals surface area contributed by atoms with Crippen LogP contribution in [0.15, 0.2) is 16.5 Å². The van der Waals surface area contributed by atoms with E-state index in [-0.39, 0.29) is 16.5 Å². The summed E-state index contributed by atoms with van der Waals surface area (Å²) in [6.45, 7) is 1.62. The fourth-order valence-electron chi connectivity index (χ4n) is 0.815.